The van der Waals surface area contributed by atoms with E-state index in [1.54, 1.807) is 0 Å². The summed E-state index contributed by atoms with van der Waals surface area (Å²) >= 11 is 0. The Hall–Kier alpha value is -1.59. The van der Waals surface area contributed by atoms with Crippen molar-refractivity contribution in [2.75, 3.05) is 19.7 Å². The molecule has 0 saturated heterocycles. The van der Waals surface area contributed by atoms with Gasteiger partial charge in [0.2, 0.25) is 0 Å². The first-order valence-corrected chi connectivity index (χ1v) is 7.47. The Labute approximate surface area is 125 Å². The van der Waals surface area contributed by atoms with Crippen LogP contribution in [0.2, 0.25) is 0 Å². The average molecular weight is 295 g/mol. The third-order valence-electron chi connectivity index (χ3n) is 3.06. The molecule has 0 radical (unpaired) electrons. The van der Waals surface area contributed by atoms with E-state index < -0.39 is 12.1 Å². The van der Waals surface area contributed by atoms with Crippen molar-refractivity contribution >= 4 is 5.97 Å². The second-order valence-electron chi connectivity index (χ2n) is 5.04. The standard InChI is InChI=1S/C16H25NO4/c18-14(13-21-15-8-4-3-5-9-15)12-17-11-7-2-1-6-10-16(19)20/h3-5,8-9,14,17-18H,1-2,6-7,10-13H2,(H,19,20)/t14-/m1/s1. The highest BCUT2D eigenvalue weighted by atomic mass is 16.5. The van der Waals surface area contributed by atoms with Gasteiger partial charge in [-0.1, -0.05) is 31.0 Å². The Morgan fingerprint density at radius 3 is 2.57 bits per heavy atom. The Bertz CT molecular complexity index is 383. The van der Waals surface area contributed by atoms with E-state index >= 15 is 0 Å². The second-order valence-corrected chi connectivity index (χ2v) is 5.04. The highest BCUT2D eigenvalue weighted by molar-refractivity contribution is 5.66. The van der Waals surface area contributed by atoms with Gasteiger partial charge in [-0.2, -0.15) is 0 Å². The van der Waals surface area contributed by atoms with Gasteiger partial charge in [0.05, 0.1) is 0 Å². The number of hydrogen-bond acceptors (Lipinski definition) is 4. The van der Waals surface area contributed by atoms with Crippen molar-refractivity contribution in [3.05, 3.63) is 30.3 Å². The van der Waals surface area contributed by atoms with E-state index in [0.29, 0.717) is 6.54 Å². The van der Waals surface area contributed by atoms with Crippen molar-refractivity contribution in [3.63, 3.8) is 0 Å². The van der Waals surface area contributed by atoms with Gasteiger partial charge in [0, 0.05) is 13.0 Å². The second kappa shape index (κ2) is 11.1. The van der Waals surface area contributed by atoms with Gasteiger partial charge in [0.1, 0.15) is 18.5 Å². The fourth-order valence-electron chi connectivity index (χ4n) is 1.92. The van der Waals surface area contributed by atoms with Gasteiger partial charge >= 0.3 is 5.97 Å². The number of benzene rings is 1. The van der Waals surface area contributed by atoms with Gasteiger partial charge in [0.15, 0.2) is 0 Å². The third kappa shape index (κ3) is 9.87. The van der Waals surface area contributed by atoms with Crippen LogP contribution in [0, 0.1) is 0 Å². The molecule has 3 N–H and O–H groups in total. The van der Waals surface area contributed by atoms with Crippen LogP contribution in [0.1, 0.15) is 32.1 Å². The number of nitrogens with one attached hydrogen (secondary N) is 1. The van der Waals surface area contributed by atoms with Gasteiger partial charge in [-0.05, 0) is 31.5 Å². The maximum Gasteiger partial charge on any atom is 0.303 e. The first-order valence-electron chi connectivity index (χ1n) is 7.47. The third-order valence-corrected chi connectivity index (χ3v) is 3.06. The molecule has 1 atom stereocenters. The normalized spacial score (nSPS) is 12.0. The van der Waals surface area contributed by atoms with Crippen molar-refractivity contribution in [1.29, 1.82) is 0 Å². The van der Waals surface area contributed by atoms with Crippen LogP contribution in [-0.4, -0.2) is 42.0 Å². The number of ether oxygens (including phenoxy) is 1. The number of rotatable bonds is 12. The van der Waals surface area contributed by atoms with Gasteiger partial charge in [-0.25, -0.2) is 0 Å². The van der Waals surface area contributed by atoms with Crippen LogP contribution in [0.3, 0.4) is 0 Å². The molecule has 0 amide bonds. The van der Waals surface area contributed by atoms with Crippen molar-refractivity contribution in [2.24, 2.45) is 0 Å². The number of carboxylic acid groups (broad SMARTS) is 1. The molecule has 0 aliphatic carbocycles. The van der Waals surface area contributed by atoms with E-state index in [-0.39, 0.29) is 13.0 Å². The first-order chi connectivity index (χ1) is 10.2. The smallest absolute Gasteiger partial charge is 0.303 e. The lowest BCUT2D eigenvalue weighted by Gasteiger charge is -2.13. The lowest BCUT2D eigenvalue weighted by Crippen LogP contribution is -2.32. The summed E-state index contributed by atoms with van der Waals surface area (Å²) in [6.45, 7) is 1.60. The van der Waals surface area contributed by atoms with Crippen molar-refractivity contribution in [3.8, 4) is 5.75 Å². The molecule has 5 nitrogen and oxygen atoms in total. The molecule has 5 heteroatoms. The van der Waals surface area contributed by atoms with E-state index in [9.17, 15) is 9.90 Å². The van der Waals surface area contributed by atoms with Crippen LogP contribution < -0.4 is 10.1 Å². The van der Waals surface area contributed by atoms with Gasteiger partial charge < -0.3 is 20.3 Å². The summed E-state index contributed by atoms with van der Waals surface area (Å²) in [5.41, 5.74) is 0. The summed E-state index contributed by atoms with van der Waals surface area (Å²) < 4.78 is 5.45. The topological polar surface area (TPSA) is 78.8 Å². The maximum absolute atomic E-state index is 10.3. The molecule has 0 saturated carbocycles. The summed E-state index contributed by atoms with van der Waals surface area (Å²) in [7, 11) is 0. The van der Waals surface area contributed by atoms with Crippen LogP contribution in [0.15, 0.2) is 30.3 Å². The van der Waals surface area contributed by atoms with Gasteiger partial charge in [-0.3, -0.25) is 4.79 Å². The minimum atomic E-state index is -0.727. The number of hydrogen-bond donors (Lipinski definition) is 3. The molecule has 1 rings (SSSR count). The monoisotopic (exact) mass is 295 g/mol. The van der Waals surface area contributed by atoms with E-state index in [0.717, 1.165) is 38.0 Å². The van der Waals surface area contributed by atoms with E-state index in [1.165, 1.54) is 0 Å². The molecular formula is C16H25NO4. The number of aliphatic carboxylic acids is 1. The highest BCUT2D eigenvalue weighted by Gasteiger charge is 2.04. The molecule has 0 aromatic heterocycles. The van der Waals surface area contributed by atoms with Crippen LogP contribution in [0.25, 0.3) is 0 Å². The number of aliphatic hydroxyl groups excluding tert-OH is 1. The zero-order valence-corrected chi connectivity index (χ0v) is 12.3. The number of carbonyl (C=O) groups is 1. The molecule has 0 aliphatic rings. The number of para-hydroxylation sites is 1. The molecule has 21 heavy (non-hydrogen) atoms. The van der Waals surface area contributed by atoms with Crippen LogP contribution >= 0.6 is 0 Å². The van der Waals surface area contributed by atoms with Crippen molar-refractivity contribution in [1.82, 2.24) is 5.32 Å². The van der Waals surface area contributed by atoms with Gasteiger partial charge in [0.25, 0.3) is 0 Å². The lowest BCUT2D eigenvalue weighted by molar-refractivity contribution is -0.137. The van der Waals surface area contributed by atoms with Crippen molar-refractivity contribution < 1.29 is 19.7 Å². The number of unbranched alkanes of at least 4 members (excludes halogenated alkanes) is 3. The molecule has 0 heterocycles. The fraction of sp³-hybridized carbons (Fsp3) is 0.562. The van der Waals surface area contributed by atoms with E-state index in [4.69, 9.17) is 9.84 Å². The van der Waals surface area contributed by atoms with Crippen LogP contribution in [0.4, 0.5) is 0 Å². The van der Waals surface area contributed by atoms with Gasteiger partial charge in [-0.15, -0.1) is 0 Å². The average Bonchev–Trinajstić information content (AvgIpc) is 2.48. The molecule has 0 unspecified atom stereocenters. The quantitative estimate of drug-likeness (QED) is 0.514. The Balaban J connectivity index is 1.91. The van der Waals surface area contributed by atoms with Crippen LogP contribution in [0.5, 0.6) is 5.75 Å². The first kappa shape index (κ1) is 17.5. The molecule has 1 aromatic carbocycles. The summed E-state index contributed by atoms with van der Waals surface area (Å²) in [6.07, 6.45) is 3.40. The largest absolute Gasteiger partial charge is 0.491 e. The molecule has 118 valence electrons. The number of aliphatic hydroxyl groups is 1. The van der Waals surface area contributed by atoms with E-state index in [1.807, 2.05) is 30.3 Å². The maximum atomic E-state index is 10.3. The van der Waals surface area contributed by atoms with E-state index in [2.05, 4.69) is 5.32 Å². The zero-order chi connectivity index (χ0) is 15.3. The predicted octanol–water partition coefficient (Wildman–Crippen LogP) is 2.05. The minimum Gasteiger partial charge on any atom is -0.491 e. The summed E-state index contributed by atoms with van der Waals surface area (Å²) in [5.74, 6) is 0.0321. The molecular weight excluding hydrogens is 270 g/mol. The Morgan fingerprint density at radius 2 is 1.86 bits per heavy atom. The highest BCUT2D eigenvalue weighted by Crippen LogP contribution is 2.08. The Morgan fingerprint density at radius 1 is 1.14 bits per heavy atom. The molecule has 0 spiro atoms. The van der Waals surface area contributed by atoms with Crippen LogP contribution in [-0.2, 0) is 4.79 Å². The minimum absolute atomic E-state index is 0.253. The SMILES string of the molecule is O=C(O)CCCCCCNC[C@@H](O)COc1ccccc1. The molecule has 1 aromatic rings. The Kier molecular flexibility index (Phi) is 9.24. The summed E-state index contributed by atoms with van der Waals surface area (Å²) in [4.78, 5) is 10.3. The molecule has 0 bridgehead atoms. The fourth-order valence-corrected chi connectivity index (χ4v) is 1.92. The molecule has 0 aliphatic heterocycles. The zero-order valence-electron chi connectivity index (χ0n) is 12.3. The van der Waals surface area contributed by atoms with Crippen molar-refractivity contribution in [2.45, 2.75) is 38.2 Å². The predicted molar refractivity (Wildman–Crippen MR) is 81.5 cm³/mol. The lowest BCUT2D eigenvalue weighted by atomic mass is 10.1. The molecule has 0 fully saturated rings. The summed E-state index contributed by atoms with van der Waals surface area (Å²) in [5, 5.41) is 21.4. The summed E-state index contributed by atoms with van der Waals surface area (Å²) in [6, 6.07) is 9.42. The number of carboxylic acids is 1.